The molecule has 1 atom stereocenters. The monoisotopic (exact) mass is 667 g/mol. The predicted molar refractivity (Wildman–Crippen MR) is 196 cm³/mol. The van der Waals surface area contributed by atoms with Gasteiger partial charge in [0.1, 0.15) is 13.2 Å². The Morgan fingerprint density at radius 1 is 0.404 bits per heavy atom. The van der Waals surface area contributed by atoms with E-state index in [1.807, 2.05) is 0 Å². The van der Waals surface area contributed by atoms with Crippen LogP contribution in [0.15, 0.2) is 0 Å². The number of carbonyl (C=O) groups excluding carboxylic acids is 3. The molecule has 278 valence electrons. The smallest absolute Gasteiger partial charge is 0.306 e. The molecule has 6 heteroatoms. The van der Waals surface area contributed by atoms with Crippen molar-refractivity contribution in [2.45, 2.75) is 221 Å². The number of carbonyl (C=O) groups is 3. The molecule has 0 fully saturated rings. The number of rotatable bonds is 35. The minimum Gasteiger partial charge on any atom is -0.462 e. The van der Waals surface area contributed by atoms with Crippen LogP contribution >= 0.6 is 0 Å². The highest BCUT2D eigenvalue weighted by molar-refractivity contribution is 5.71. The Hall–Kier alpha value is -1.59. The molecule has 0 aromatic heterocycles. The van der Waals surface area contributed by atoms with E-state index in [1.165, 1.54) is 103 Å². The highest BCUT2D eigenvalue weighted by Crippen LogP contribution is 2.15. The first-order valence-corrected chi connectivity index (χ1v) is 20.2. The van der Waals surface area contributed by atoms with Gasteiger partial charge in [0.2, 0.25) is 0 Å². The number of unbranched alkanes of at least 4 members (excludes halogenated alkanes) is 20. The van der Waals surface area contributed by atoms with Crippen molar-refractivity contribution in [3.05, 3.63) is 0 Å². The van der Waals surface area contributed by atoms with Crippen LogP contribution in [0.2, 0.25) is 0 Å². The van der Waals surface area contributed by atoms with Gasteiger partial charge in [0.15, 0.2) is 6.10 Å². The molecule has 0 bridgehead atoms. The van der Waals surface area contributed by atoms with Crippen LogP contribution in [-0.4, -0.2) is 37.2 Å². The lowest BCUT2D eigenvalue weighted by Gasteiger charge is -2.18. The Balaban J connectivity index is 4.35. The molecule has 47 heavy (non-hydrogen) atoms. The molecule has 0 aliphatic carbocycles. The SMILES string of the molecule is CCCCCCCCCCCCCC(=O)OC[C@@H](COC(=O)CCCCCCCCC(C)C)OC(=O)CCCCCCCCC(C)C. The molecule has 0 unspecified atom stereocenters. The summed E-state index contributed by atoms with van der Waals surface area (Å²) >= 11 is 0. The van der Waals surface area contributed by atoms with E-state index in [0.717, 1.165) is 69.6 Å². The molecule has 0 aromatic rings. The fraction of sp³-hybridized carbons (Fsp3) is 0.927. The fourth-order valence-electron chi connectivity index (χ4n) is 5.87. The maximum absolute atomic E-state index is 12.6. The highest BCUT2D eigenvalue weighted by atomic mass is 16.6. The summed E-state index contributed by atoms with van der Waals surface area (Å²) in [4.78, 5) is 37.4. The molecule has 0 aromatic carbocycles. The van der Waals surface area contributed by atoms with E-state index in [4.69, 9.17) is 14.2 Å². The first-order valence-electron chi connectivity index (χ1n) is 20.2. The van der Waals surface area contributed by atoms with Crippen molar-refractivity contribution in [3.8, 4) is 0 Å². The van der Waals surface area contributed by atoms with Crippen molar-refractivity contribution >= 4 is 17.9 Å². The van der Waals surface area contributed by atoms with E-state index in [9.17, 15) is 14.4 Å². The average Bonchev–Trinajstić information content (AvgIpc) is 3.03. The number of ether oxygens (including phenoxy) is 3. The van der Waals surface area contributed by atoms with Crippen molar-refractivity contribution in [1.82, 2.24) is 0 Å². The summed E-state index contributed by atoms with van der Waals surface area (Å²) in [7, 11) is 0. The van der Waals surface area contributed by atoms with Crippen LogP contribution < -0.4 is 0 Å². The summed E-state index contributed by atoms with van der Waals surface area (Å²) in [6.45, 7) is 11.2. The van der Waals surface area contributed by atoms with Crippen LogP contribution in [0, 0.1) is 11.8 Å². The fourth-order valence-corrected chi connectivity index (χ4v) is 5.87. The second kappa shape index (κ2) is 34.3. The minimum absolute atomic E-state index is 0.0673. The molecule has 0 aliphatic rings. The number of esters is 3. The molecule has 0 radical (unpaired) electrons. The van der Waals surface area contributed by atoms with E-state index < -0.39 is 6.10 Å². The molecule has 6 nitrogen and oxygen atoms in total. The quantitative estimate of drug-likeness (QED) is 0.0380. The highest BCUT2D eigenvalue weighted by Gasteiger charge is 2.19. The maximum atomic E-state index is 12.6. The van der Waals surface area contributed by atoms with Crippen LogP contribution in [0.1, 0.15) is 214 Å². The third kappa shape index (κ3) is 35.5. The molecule has 0 rings (SSSR count). The minimum atomic E-state index is -0.760. The van der Waals surface area contributed by atoms with Crippen LogP contribution in [0.4, 0.5) is 0 Å². The van der Waals surface area contributed by atoms with Crippen molar-refractivity contribution in [1.29, 1.82) is 0 Å². The lowest BCUT2D eigenvalue weighted by molar-refractivity contribution is -0.167. The van der Waals surface area contributed by atoms with E-state index in [-0.39, 0.29) is 31.1 Å². The van der Waals surface area contributed by atoms with Gasteiger partial charge in [-0.05, 0) is 31.1 Å². The van der Waals surface area contributed by atoms with Crippen molar-refractivity contribution in [2.75, 3.05) is 13.2 Å². The van der Waals surface area contributed by atoms with Gasteiger partial charge in [-0.25, -0.2) is 0 Å². The molecule has 0 aliphatic heterocycles. The molecule has 0 saturated carbocycles. The first kappa shape index (κ1) is 45.4. The zero-order chi connectivity index (χ0) is 34.8. The maximum Gasteiger partial charge on any atom is 0.306 e. The summed E-state index contributed by atoms with van der Waals surface area (Å²) in [5.41, 5.74) is 0. The Labute approximate surface area is 291 Å². The molecular weight excluding hydrogens is 588 g/mol. The van der Waals surface area contributed by atoms with E-state index in [1.54, 1.807) is 0 Å². The second-order valence-corrected chi connectivity index (χ2v) is 14.9. The van der Waals surface area contributed by atoms with Crippen LogP contribution in [0.25, 0.3) is 0 Å². The van der Waals surface area contributed by atoms with Gasteiger partial charge in [0, 0.05) is 19.3 Å². The van der Waals surface area contributed by atoms with Gasteiger partial charge in [-0.1, -0.05) is 176 Å². The molecule has 0 saturated heterocycles. The van der Waals surface area contributed by atoms with Crippen LogP contribution in [0.5, 0.6) is 0 Å². The van der Waals surface area contributed by atoms with E-state index in [0.29, 0.717) is 19.3 Å². The topological polar surface area (TPSA) is 78.9 Å². The van der Waals surface area contributed by atoms with Gasteiger partial charge in [0.05, 0.1) is 0 Å². The number of hydrogen-bond acceptors (Lipinski definition) is 6. The summed E-state index contributed by atoms with van der Waals surface area (Å²) in [6, 6.07) is 0. The lowest BCUT2D eigenvalue weighted by atomic mass is 10.0. The molecular formula is C41H78O6. The Morgan fingerprint density at radius 3 is 1.04 bits per heavy atom. The zero-order valence-corrected chi connectivity index (χ0v) is 31.9. The normalized spacial score (nSPS) is 12.1. The summed E-state index contributed by atoms with van der Waals surface area (Å²) in [6.07, 6.45) is 29.7. The largest absolute Gasteiger partial charge is 0.462 e. The van der Waals surface area contributed by atoms with E-state index in [2.05, 4.69) is 34.6 Å². The van der Waals surface area contributed by atoms with Gasteiger partial charge < -0.3 is 14.2 Å². The van der Waals surface area contributed by atoms with Gasteiger partial charge in [0.25, 0.3) is 0 Å². The lowest BCUT2D eigenvalue weighted by Crippen LogP contribution is -2.30. The van der Waals surface area contributed by atoms with Crippen molar-refractivity contribution in [2.24, 2.45) is 11.8 Å². The van der Waals surface area contributed by atoms with Gasteiger partial charge in [-0.15, -0.1) is 0 Å². The zero-order valence-electron chi connectivity index (χ0n) is 31.9. The summed E-state index contributed by atoms with van der Waals surface area (Å²) in [5.74, 6) is 0.648. The number of hydrogen-bond donors (Lipinski definition) is 0. The Kier molecular flexibility index (Phi) is 33.1. The van der Waals surface area contributed by atoms with Crippen LogP contribution in [-0.2, 0) is 28.6 Å². The summed E-state index contributed by atoms with van der Waals surface area (Å²) in [5, 5.41) is 0. The van der Waals surface area contributed by atoms with Crippen molar-refractivity contribution < 1.29 is 28.6 Å². The third-order valence-electron chi connectivity index (χ3n) is 8.97. The van der Waals surface area contributed by atoms with Crippen LogP contribution in [0.3, 0.4) is 0 Å². The predicted octanol–water partition coefficient (Wildman–Crippen LogP) is 12.2. The standard InChI is InChI=1S/C41H78O6/c1-6-7-8-9-10-11-12-13-14-21-26-31-39(42)45-34-38(47-41(44)33-28-23-18-16-20-25-30-37(4)5)35-46-40(43)32-27-22-17-15-19-24-29-36(2)3/h36-38H,6-35H2,1-5H3/t38-/m0/s1. The third-order valence-corrected chi connectivity index (χ3v) is 8.97. The van der Waals surface area contributed by atoms with E-state index >= 15 is 0 Å². The molecule has 0 spiro atoms. The molecule has 0 heterocycles. The van der Waals surface area contributed by atoms with Gasteiger partial charge >= 0.3 is 17.9 Å². The molecule has 0 N–H and O–H groups in total. The first-order chi connectivity index (χ1) is 22.7. The van der Waals surface area contributed by atoms with Crippen molar-refractivity contribution in [3.63, 3.8) is 0 Å². The second-order valence-electron chi connectivity index (χ2n) is 14.9. The van der Waals surface area contributed by atoms with Gasteiger partial charge in [-0.3, -0.25) is 14.4 Å². The Morgan fingerprint density at radius 2 is 0.702 bits per heavy atom. The Bertz CT molecular complexity index is 719. The van der Waals surface area contributed by atoms with Gasteiger partial charge in [-0.2, -0.15) is 0 Å². The average molecular weight is 667 g/mol. The summed E-state index contributed by atoms with van der Waals surface area (Å²) < 4.78 is 16.6. The molecule has 0 amide bonds.